The molecule has 15 heavy (non-hydrogen) atoms. The molecule has 0 fully saturated rings. The first kappa shape index (κ1) is 8.41. The third-order valence-electron chi connectivity index (χ3n) is 2.58. The lowest BCUT2D eigenvalue weighted by Gasteiger charge is -1.99. The highest BCUT2D eigenvalue weighted by molar-refractivity contribution is 5.80. The Labute approximate surface area is 87.4 Å². The van der Waals surface area contributed by atoms with Crippen LogP contribution in [0.3, 0.4) is 0 Å². The molecule has 0 unspecified atom stereocenters. The van der Waals surface area contributed by atoms with E-state index >= 15 is 0 Å². The van der Waals surface area contributed by atoms with Crippen LogP contribution in [-0.2, 0) is 0 Å². The molecule has 0 aliphatic carbocycles. The lowest BCUT2D eigenvalue weighted by atomic mass is 10.3. The van der Waals surface area contributed by atoms with Crippen LogP contribution in [0, 0.1) is 13.8 Å². The molecule has 0 spiro atoms. The summed E-state index contributed by atoms with van der Waals surface area (Å²) in [4.78, 5) is 8.97. The van der Waals surface area contributed by atoms with Gasteiger partial charge in [-0.1, -0.05) is 12.1 Å². The Hall–Kier alpha value is -1.90. The minimum atomic E-state index is 0.946. The van der Waals surface area contributed by atoms with Crippen LogP contribution in [0.2, 0.25) is 0 Å². The molecule has 0 N–H and O–H groups in total. The predicted octanol–water partition coefficient (Wildman–Crippen LogP) is 2.50. The average Bonchev–Trinajstić information content (AvgIpc) is 2.57. The number of aromatic nitrogens is 3. The molecular formula is C12H11N3. The minimum Gasteiger partial charge on any atom is -0.296 e. The molecule has 0 saturated heterocycles. The SMILES string of the molecule is Cc1cn2c(nc3ccccc32)c(C)n1. The number of hydrogen-bond donors (Lipinski definition) is 0. The Bertz CT molecular complexity index is 652. The fourth-order valence-corrected chi connectivity index (χ4v) is 1.96. The van der Waals surface area contributed by atoms with Crippen LogP contribution < -0.4 is 0 Å². The summed E-state index contributed by atoms with van der Waals surface area (Å²) in [6, 6.07) is 8.14. The Morgan fingerprint density at radius 1 is 1.07 bits per heavy atom. The van der Waals surface area contributed by atoms with E-state index < -0.39 is 0 Å². The van der Waals surface area contributed by atoms with Gasteiger partial charge in [0, 0.05) is 6.20 Å². The van der Waals surface area contributed by atoms with E-state index in [-0.39, 0.29) is 0 Å². The van der Waals surface area contributed by atoms with Gasteiger partial charge in [0.1, 0.15) is 0 Å². The van der Waals surface area contributed by atoms with Crippen molar-refractivity contribution in [2.75, 3.05) is 0 Å². The first-order chi connectivity index (χ1) is 7.25. The Morgan fingerprint density at radius 2 is 1.87 bits per heavy atom. The first-order valence-corrected chi connectivity index (χ1v) is 4.97. The fourth-order valence-electron chi connectivity index (χ4n) is 1.96. The van der Waals surface area contributed by atoms with E-state index in [4.69, 9.17) is 0 Å². The summed E-state index contributed by atoms with van der Waals surface area (Å²) in [5.74, 6) is 0. The number of hydrogen-bond acceptors (Lipinski definition) is 2. The van der Waals surface area contributed by atoms with E-state index in [1.54, 1.807) is 0 Å². The number of para-hydroxylation sites is 2. The molecule has 0 aliphatic heterocycles. The van der Waals surface area contributed by atoms with Crippen molar-refractivity contribution in [1.82, 2.24) is 14.4 Å². The molecule has 0 atom stereocenters. The molecule has 3 rings (SSSR count). The number of rotatable bonds is 0. The molecule has 3 aromatic rings. The van der Waals surface area contributed by atoms with Crippen LogP contribution in [0.25, 0.3) is 16.7 Å². The van der Waals surface area contributed by atoms with Crippen LogP contribution in [0.1, 0.15) is 11.4 Å². The van der Waals surface area contributed by atoms with Gasteiger partial charge in [-0.2, -0.15) is 0 Å². The quantitative estimate of drug-likeness (QED) is 0.554. The van der Waals surface area contributed by atoms with E-state index in [9.17, 15) is 0 Å². The molecule has 3 nitrogen and oxygen atoms in total. The van der Waals surface area contributed by atoms with E-state index in [0.717, 1.165) is 28.1 Å². The number of benzene rings is 1. The summed E-state index contributed by atoms with van der Waals surface area (Å²) in [6.07, 6.45) is 2.03. The third kappa shape index (κ3) is 1.13. The minimum absolute atomic E-state index is 0.946. The third-order valence-corrected chi connectivity index (χ3v) is 2.58. The number of aryl methyl sites for hydroxylation is 2. The molecule has 0 bridgehead atoms. The van der Waals surface area contributed by atoms with Crippen LogP contribution in [0.4, 0.5) is 0 Å². The molecule has 0 radical (unpaired) electrons. The van der Waals surface area contributed by atoms with Crippen LogP contribution >= 0.6 is 0 Å². The van der Waals surface area contributed by atoms with Crippen molar-refractivity contribution in [3.8, 4) is 0 Å². The van der Waals surface area contributed by atoms with Crippen molar-refractivity contribution < 1.29 is 0 Å². The molecule has 0 aliphatic rings. The molecule has 2 aromatic heterocycles. The van der Waals surface area contributed by atoms with Gasteiger partial charge >= 0.3 is 0 Å². The fraction of sp³-hybridized carbons (Fsp3) is 0.167. The summed E-state index contributed by atoms with van der Waals surface area (Å²) < 4.78 is 2.10. The van der Waals surface area contributed by atoms with E-state index in [1.165, 1.54) is 0 Å². The zero-order valence-electron chi connectivity index (χ0n) is 8.73. The maximum Gasteiger partial charge on any atom is 0.159 e. The summed E-state index contributed by atoms with van der Waals surface area (Å²) in [5, 5.41) is 0. The summed E-state index contributed by atoms with van der Waals surface area (Å²) in [7, 11) is 0. The smallest absolute Gasteiger partial charge is 0.159 e. The van der Waals surface area contributed by atoms with Gasteiger partial charge in [0.25, 0.3) is 0 Å². The zero-order chi connectivity index (χ0) is 10.4. The summed E-state index contributed by atoms with van der Waals surface area (Å²) in [6.45, 7) is 4.00. The van der Waals surface area contributed by atoms with Crippen LogP contribution in [0.5, 0.6) is 0 Å². The lowest BCUT2D eigenvalue weighted by Crippen LogP contribution is -1.94. The van der Waals surface area contributed by atoms with Crippen molar-refractivity contribution in [1.29, 1.82) is 0 Å². The summed E-state index contributed by atoms with van der Waals surface area (Å²) >= 11 is 0. The van der Waals surface area contributed by atoms with Gasteiger partial charge in [0.15, 0.2) is 5.65 Å². The second-order valence-corrected chi connectivity index (χ2v) is 3.76. The normalized spacial score (nSPS) is 11.3. The second kappa shape index (κ2) is 2.79. The van der Waals surface area contributed by atoms with E-state index in [2.05, 4.69) is 20.4 Å². The van der Waals surface area contributed by atoms with Gasteiger partial charge in [0.2, 0.25) is 0 Å². The maximum atomic E-state index is 4.56. The topological polar surface area (TPSA) is 30.2 Å². The number of nitrogens with zero attached hydrogens (tertiary/aromatic N) is 3. The monoisotopic (exact) mass is 197 g/mol. The molecule has 74 valence electrons. The van der Waals surface area contributed by atoms with Gasteiger partial charge in [-0.25, -0.2) is 4.98 Å². The molecule has 0 amide bonds. The Morgan fingerprint density at radius 3 is 2.73 bits per heavy atom. The molecule has 0 saturated carbocycles. The highest BCUT2D eigenvalue weighted by Gasteiger charge is 2.06. The van der Waals surface area contributed by atoms with E-state index in [1.807, 2.05) is 38.2 Å². The van der Waals surface area contributed by atoms with Gasteiger partial charge in [-0.3, -0.25) is 9.38 Å². The van der Waals surface area contributed by atoms with Gasteiger partial charge < -0.3 is 0 Å². The standard InChI is InChI=1S/C12H11N3/c1-8-7-15-11-6-4-3-5-10(11)14-12(15)9(2)13-8/h3-7H,1-2H3. The first-order valence-electron chi connectivity index (χ1n) is 4.97. The molecule has 1 aromatic carbocycles. The number of imidazole rings is 1. The Balaban J connectivity index is 2.61. The average molecular weight is 197 g/mol. The highest BCUT2D eigenvalue weighted by atomic mass is 15.0. The maximum absolute atomic E-state index is 4.56. The molecular weight excluding hydrogens is 186 g/mol. The van der Waals surface area contributed by atoms with Crippen molar-refractivity contribution in [3.63, 3.8) is 0 Å². The van der Waals surface area contributed by atoms with Crippen molar-refractivity contribution in [3.05, 3.63) is 41.9 Å². The second-order valence-electron chi connectivity index (χ2n) is 3.76. The molecule has 3 heteroatoms. The lowest BCUT2D eigenvalue weighted by molar-refractivity contribution is 1.04. The van der Waals surface area contributed by atoms with Crippen LogP contribution in [-0.4, -0.2) is 14.4 Å². The largest absolute Gasteiger partial charge is 0.296 e. The zero-order valence-corrected chi connectivity index (χ0v) is 8.73. The number of fused-ring (bicyclic) bond motifs is 3. The summed E-state index contributed by atoms with van der Waals surface area (Å²) in [5.41, 5.74) is 5.10. The van der Waals surface area contributed by atoms with Crippen molar-refractivity contribution >= 4 is 16.7 Å². The Kier molecular flexibility index (Phi) is 1.57. The molecule has 2 heterocycles. The van der Waals surface area contributed by atoms with Gasteiger partial charge in [-0.05, 0) is 26.0 Å². The van der Waals surface area contributed by atoms with Crippen molar-refractivity contribution in [2.45, 2.75) is 13.8 Å². The van der Waals surface area contributed by atoms with E-state index in [0.29, 0.717) is 0 Å². The predicted molar refractivity (Wildman–Crippen MR) is 60.0 cm³/mol. The van der Waals surface area contributed by atoms with Gasteiger partial charge in [-0.15, -0.1) is 0 Å². The highest BCUT2D eigenvalue weighted by Crippen LogP contribution is 2.17. The van der Waals surface area contributed by atoms with Crippen molar-refractivity contribution in [2.24, 2.45) is 0 Å². The van der Waals surface area contributed by atoms with Crippen LogP contribution in [0.15, 0.2) is 30.5 Å². The van der Waals surface area contributed by atoms with Gasteiger partial charge in [0.05, 0.1) is 22.4 Å².